The quantitative estimate of drug-likeness (QED) is 0.177. The largest absolute Gasteiger partial charge is 0.456 e. The van der Waals surface area contributed by atoms with Gasteiger partial charge in [0, 0.05) is 27.0 Å². The van der Waals surface area contributed by atoms with Gasteiger partial charge in [-0.15, -0.1) is 0 Å². The monoisotopic (exact) mass is 726 g/mol. The van der Waals surface area contributed by atoms with Gasteiger partial charge in [-0.3, -0.25) is 0 Å². The first-order chi connectivity index (χ1) is 28.0. The summed E-state index contributed by atoms with van der Waals surface area (Å²) in [4.78, 5) is 0. The van der Waals surface area contributed by atoms with Crippen LogP contribution >= 0.6 is 0 Å². The van der Waals surface area contributed by atoms with Gasteiger partial charge in [-0.1, -0.05) is 147 Å². The molecule has 0 aliphatic heterocycles. The normalized spacial score (nSPS) is 13.6. The molecule has 1 aliphatic rings. The molecule has 2 heteroatoms. The SMILES string of the molecule is CC1(C)c2cc(-c3ccc4oc5cccc6cccc(c7cccc3c47)c65)ccc2-c2ccc(-c3ccc4oc5cccc6cccc(c7cccc3c47)c65)cc21. The average molecular weight is 727 g/mol. The maximum atomic E-state index is 6.71. The zero-order valence-electron chi connectivity index (χ0n) is 31.5. The first kappa shape index (κ1) is 31.1. The van der Waals surface area contributed by atoms with Crippen molar-refractivity contribution in [3.8, 4) is 33.4 Å². The van der Waals surface area contributed by atoms with Gasteiger partial charge in [-0.05, 0) is 124 Å². The molecule has 13 rings (SSSR count). The molecule has 2 heterocycles. The Balaban J connectivity index is 0.971. The second-order valence-corrected chi connectivity index (χ2v) is 16.3. The summed E-state index contributed by atoms with van der Waals surface area (Å²) in [5, 5.41) is 14.3. The Hall–Kier alpha value is -7.16. The van der Waals surface area contributed by atoms with Crippen molar-refractivity contribution in [2.75, 3.05) is 0 Å². The first-order valence-electron chi connectivity index (χ1n) is 19.8. The lowest BCUT2D eigenvalue weighted by Gasteiger charge is -2.23. The van der Waals surface area contributed by atoms with Crippen LogP contribution in [0.2, 0.25) is 0 Å². The summed E-state index contributed by atoms with van der Waals surface area (Å²) in [5.41, 5.74) is 13.6. The van der Waals surface area contributed by atoms with Crippen LogP contribution in [0.1, 0.15) is 25.0 Å². The van der Waals surface area contributed by atoms with Crippen molar-refractivity contribution in [1.29, 1.82) is 0 Å². The van der Waals surface area contributed by atoms with Gasteiger partial charge < -0.3 is 8.83 Å². The summed E-state index contributed by atoms with van der Waals surface area (Å²) in [6.07, 6.45) is 0. The standard InChI is InChI=1S/C55H34O2/c1-55(2)45-29-33(35-25-27-49-53-39(35)15-7-17-43(53)41-13-3-9-31-11-5-19-47(56-49)51(31)41)21-23-37(45)38-24-22-34(30-46(38)55)36-26-28-50-54-40(36)16-8-18-44(54)42-14-4-10-32-12-6-20-48(57-50)52(32)42/h3-30H,1-2H3. The molecule has 10 aromatic carbocycles. The van der Waals surface area contributed by atoms with Crippen LogP contribution in [0.3, 0.4) is 0 Å². The summed E-state index contributed by atoms with van der Waals surface area (Å²) < 4.78 is 13.4. The minimum atomic E-state index is -0.203. The molecule has 0 N–H and O–H groups in total. The van der Waals surface area contributed by atoms with E-state index in [1.165, 1.54) is 98.4 Å². The molecule has 0 saturated carbocycles. The molecule has 0 atom stereocenters. The Morgan fingerprint density at radius 1 is 0.316 bits per heavy atom. The second kappa shape index (κ2) is 11.0. The van der Waals surface area contributed by atoms with E-state index in [4.69, 9.17) is 8.83 Å². The minimum absolute atomic E-state index is 0.203. The van der Waals surface area contributed by atoms with Crippen molar-refractivity contribution in [2.45, 2.75) is 19.3 Å². The highest BCUT2D eigenvalue weighted by molar-refractivity contribution is 6.26. The molecule has 0 saturated heterocycles. The third-order valence-electron chi connectivity index (χ3n) is 13.1. The number of hydrogen-bond donors (Lipinski definition) is 0. The average Bonchev–Trinajstić information content (AvgIpc) is 3.33. The Labute approximate surface area is 328 Å². The van der Waals surface area contributed by atoms with Crippen LogP contribution in [-0.2, 0) is 5.41 Å². The van der Waals surface area contributed by atoms with E-state index in [0.717, 1.165) is 33.1 Å². The lowest BCUT2D eigenvalue weighted by atomic mass is 9.80. The molecule has 0 bridgehead atoms. The molecule has 1 aliphatic carbocycles. The van der Waals surface area contributed by atoms with Crippen molar-refractivity contribution >= 4 is 87.0 Å². The van der Waals surface area contributed by atoms with Crippen LogP contribution in [-0.4, -0.2) is 0 Å². The van der Waals surface area contributed by atoms with Gasteiger partial charge in [0.2, 0.25) is 0 Å². The molecular formula is C55H34O2. The molecule has 2 aromatic heterocycles. The summed E-state index contributed by atoms with van der Waals surface area (Å²) in [7, 11) is 0. The van der Waals surface area contributed by atoms with E-state index in [0.29, 0.717) is 0 Å². The third-order valence-corrected chi connectivity index (χ3v) is 13.1. The predicted molar refractivity (Wildman–Crippen MR) is 239 cm³/mol. The highest BCUT2D eigenvalue weighted by Gasteiger charge is 2.36. The van der Waals surface area contributed by atoms with Gasteiger partial charge in [0.05, 0.1) is 0 Å². The smallest absolute Gasteiger partial charge is 0.135 e. The van der Waals surface area contributed by atoms with Crippen LogP contribution in [0.5, 0.6) is 0 Å². The van der Waals surface area contributed by atoms with Crippen LogP contribution < -0.4 is 0 Å². The van der Waals surface area contributed by atoms with Gasteiger partial charge in [-0.25, -0.2) is 0 Å². The Morgan fingerprint density at radius 2 is 0.667 bits per heavy atom. The van der Waals surface area contributed by atoms with E-state index in [2.05, 4.69) is 184 Å². The van der Waals surface area contributed by atoms with E-state index in [1.54, 1.807) is 0 Å². The van der Waals surface area contributed by atoms with E-state index in [9.17, 15) is 0 Å². The highest BCUT2D eigenvalue weighted by Crippen LogP contribution is 2.52. The van der Waals surface area contributed by atoms with Crippen molar-refractivity contribution in [3.63, 3.8) is 0 Å². The molecule has 266 valence electrons. The number of rotatable bonds is 2. The number of fused-ring (bicyclic) bond motifs is 5. The first-order valence-corrected chi connectivity index (χ1v) is 19.8. The zero-order chi connectivity index (χ0) is 37.6. The van der Waals surface area contributed by atoms with Gasteiger partial charge in [-0.2, -0.15) is 0 Å². The Kier molecular flexibility index (Phi) is 6.00. The fourth-order valence-electron chi connectivity index (χ4n) is 10.4. The van der Waals surface area contributed by atoms with E-state index < -0.39 is 0 Å². The van der Waals surface area contributed by atoms with E-state index in [1.807, 2.05) is 0 Å². The lowest BCUT2D eigenvalue weighted by molar-refractivity contribution is 0.660. The minimum Gasteiger partial charge on any atom is -0.456 e. The van der Waals surface area contributed by atoms with Gasteiger partial charge in [0.25, 0.3) is 0 Å². The molecule has 2 nitrogen and oxygen atoms in total. The van der Waals surface area contributed by atoms with Crippen LogP contribution in [0.4, 0.5) is 0 Å². The second-order valence-electron chi connectivity index (χ2n) is 16.3. The fourth-order valence-corrected chi connectivity index (χ4v) is 10.4. The Morgan fingerprint density at radius 3 is 1.12 bits per heavy atom. The summed E-state index contributed by atoms with van der Waals surface area (Å²) in [5.74, 6) is 0. The van der Waals surface area contributed by atoms with Gasteiger partial charge in [0.1, 0.15) is 22.3 Å². The Bertz CT molecular complexity index is 3470. The summed E-state index contributed by atoms with van der Waals surface area (Å²) in [6, 6.07) is 62.2. The highest BCUT2D eigenvalue weighted by atomic mass is 16.3. The van der Waals surface area contributed by atoms with E-state index >= 15 is 0 Å². The molecule has 57 heavy (non-hydrogen) atoms. The van der Waals surface area contributed by atoms with Crippen molar-refractivity contribution in [3.05, 3.63) is 181 Å². The van der Waals surface area contributed by atoms with E-state index in [-0.39, 0.29) is 5.41 Å². The molecule has 12 aromatic rings. The van der Waals surface area contributed by atoms with Crippen LogP contribution in [0.15, 0.2) is 179 Å². The molecular weight excluding hydrogens is 693 g/mol. The topological polar surface area (TPSA) is 26.3 Å². The molecule has 0 amide bonds. The molecule has 0 unspecified atom stereocenters. The van der Waals surface area contributed by atoms with Crippen molar-refractivity contribution in [2.24, 2.45) is 0 Å². The maximum Gasteiger partial charge on any atom is 0.135 e. The van der Waals surface area contributed by atoms with Crippen LogP contribution in [0.25, 0.3) is 120 Å². The third kappa shape index (κ3) is 4.14. The van der Waals surface area contributed by atoms with Crippen molar-refractivity contribution < 1.29 is 8.83 Å². The van der Waals surface area contributed by atoms with Crippen LogP contribution in [0, 0.1) is 0 Å². The zero-order valence-corrected chi connectivity index (χ0v) is 31.5. The van der Waals surface area contributed by atoms with Gasteiger partial charge in [0.15, 0.2) is 0 Å². The molecule has 0 fully saturated rings. The fraction of sp³-hybridized carbons (Fsp3) is 0.0545. The predicted octanol–water partition coefficient (Wildman–Crippen LogP) is 15.7. The van der Waals surface area contributed by atoms with Gasteiger partial charge >= 0.3 is 0 Å². The number of benzene rings is 10. The maximum absolute atomic E-state index is 6.71. The van der Waals surface area contributed by atoms with Crippen molar-refractivity contribution in [1.82, 2.24) is 0 Å². The molecule has 0 radical (unpaired) electrons. The lowest BCUT2D eigenvalue weighted by Crippen LogP contribution is -2.15. The summed E-state index contributed by atoms with van der Waals surface area (Å²) in [6.45, 7) is 4.76. The number of hydrogen-bond acceptors (Lipinski definition) is 2. The summed E-state index contributed by atoms with van der Waals surface area (Å²) >= 11 is 0. The molecule has 0 spiro atoms.